The van der Waals surface area contributed by atoms with Crippen molar-refractivity contribution in [3.63, 3.8) is 0 Å². The fourth-order valence-electron chi connectivity index (χ4n) is 9.33. The predicted molar refractivity (Wildman–Crippen MR) is 198 cm³/mol. The molecule has 2 N–H and O–H groups in total. The second-order valence-corrected chi connectivity index (χ2v) is 15.6. The number of nitrogens with one attached hydrogen (secondary N) is 2. The summed E-state index contributed by atoms with van der Waals surface area (Å²) in [6.45, 7) is 3.20. The minimum atomic E-state index is -2.71. The molecule has 2 fully saturated rings. The third-order valence-corrected chi connectivity index (χ3v) is 12.1. The van der Waals surface area contributed by atoms with Gasteiger partial charge in [0, 0.05) is 79.6 Å². The van der Waals surface area contributed by atoms with Gasteiger partial charge in [-0.25, -0.2) is 17.6 Å². The van der Waals surface area contributed by atoms with E-state index in [1.165, 1.54) is 17.0 Å². The molecular weight excluding hydrogens is 746 g/mol. The third kappa shape index (κ3) is 6.34. The summed E-state index contributed by atoms with van der Waals surface area (Å²) < 4.78 is 60.1. The number of amides is 5. The molecule has 57 heavy (non-hydrogen) atoms. The van der Waals surface area contributed by atoms with Gasteiger partial charge in [0.25, 0.3) is 18.2 Å². The van der Waals surface area contributed by atoms with Crippen LogP contribution in [0.3, 0.4) is 0 Å². The average molecular weight is 786 g/mol. The molecule has 12 nitrogen and oxygen atoms in total. The number of anilines is 1. The van der Waals surface area contributed by atoms with Crippen LogP contribution >= 0.6 is 0 Å². The Morgan fingerprint density at radius 2 is 1.54 bits per heavy atom. The number of carbonyl (C=O) groups is 5. The number of hydrogen-bond acceptors (Lipinski definition) is 8. The quantitative estimate of drug-likeness (QED) is 0.212. The molecular formula is C41H39F4N7O5. The van der Waals surface area contributed by atoms with E-state index in [-0.39, 0.29) is 42.0 Å². The Bertz CT molecular complexity index is 2310. The normalized spacial score (nSPS) is 22.8. The molecule has 0 bridgehead atoms. The van der Waals surface area contributed by atoms with Crippen molar-refractivity contribution in [2.45, 2.75) is 63.8 Å². The zero-order valence-corrected chi connectivity index (χ0v) is 31.0. The number of hydrogen-bond donors (Lipinski definition) is 2. The number of alkyl halides is 2. The number of aromatic nitrogens is 1. The largest absolute Gasteiger partial charge is 0.368 e. The highest BCUT2D eigenvalue weighted by Crippen LogP contribution is 2.43. The van der Waals surface area contributed by atoms with E-state index in [1.54, 1.807) is 28.9 Å². The van der Waals surface area contributed by atoms with Crippen LogP contribution in [0.15, 0.2) is 48.5 Å². The standard InChI is InChI=1S/C41H39F4N7O5/c1-21-12-26-25-4-2-3-5-31(25)46-37(26)38(51(21)19-33(44)45)36-29(42)15-24(16-30(36)43)49-8-10-50(11-9-49)35(54)20-48-17-22-13-27-28(14-23(22)18-48)41(57)52(40(27)56)32-6-7-34(53)47-39(32)55/h2-5,13-16,21,32-33,38,46H,6-12,17-20H2,1H3,(H,47,53,55)/t21-,32?,38-/m1/s1. The molecule has 0 radical (unpaired) electrons. The van der Waals surface area contributed by atoms with E-state index in [4.69, 9.17) is 0 Å². The summed E-state index contributed by atoms with van der Waals surface area (Å²) in [5.74, 6) is -4.11. The Morgan fingerprint density at radius 3 is 2.18 bits per heavy atom. The summed E-state index contributed by atoms with van der Waals surface area (Å²) in [6.07, 6.45) is -2.16. The van der Waals surface area contributed by atoms with Crippen LogP contribution in [-0.4, -0.2) is 112 Å². The van der Waals surface area contributed by atoms with Gasteiger partial charge in [-0.1, -0.05) is 18.2 Å². The van der Waals surface area contributed by atoms with Crippen LogP contribution in [0.5, 0.6) is 0 Å². The maximum Gasteiger partial charge on any atom is 0.262 e. The number of piperidine rings is 1. The van der Waals surface area contributed by atoms with Crippen LogP contribution in [0, 0.1) is 11.6 Å². The smallest absolute Gasteiger partial charge is 0.262 e. The number of imide groups is 2. The number of nitrogens with zero attached hydrogens (tertiary/aromatic N) is 5. The molecule has 1 unspecified atom stereocenters. The Labute approximate surface area is 324 Å². The molecule has 9 rings (SSSR count). The van der Waals surface area contributed by atoms with E-state index < -0.39 is 66.4 Å². The number of carbonyl (C=O) groups excluding carboxylic acids is 5. The first-order valence-corrected chi connectivity index (χ1v) is 19.1. The zero-order chi connectivity index (χ0) is 39.9. The molecule has 2 saturated heterocycles. The van der Waals surface area contributed by atoms with Crippen LogP contribution in [0.2, 0.25) is 0 Å². The summed E-state index contributed by atoms with van der Waals surface area (Å²) in [5, 5.41) is 3.09. The summed E-state index contributed by atoms with van der Waals surface area (Å²) in [5.41, 5.74) is 4.13. The van der Waals surface area contributed by atoms with E-state index in [2.05, 4.69) is 10.3 Å². The zero-order valence-electron chi connectivity index (χ0n) is 31.0. The molecule has 4 aromatic rings. The maximum absolute atomic E-state index is 16.2. The fourth-order valence-corrected chi connectivity index (χ4v) is 9.33. The molecule has 3 atom stereocenters. The Hall–Kier alpha value is -5.61. The number of aromatic amines is 1. The number of piperazine rings is 1. The second-order valence-electron chi connectivity index (χ2n) is 15.6. The molecule has 6 heterocycles. The summed E-state index contributed by atoms with van der Waals surface area (Å²) in [7, 11) is 0. The van der Waals surface area contributed by atoms with Crippen molar-refractivity contribution in [2.24, 2.45) is 0 Å². The molecule has 5 aliphatic rings. The van der Waals surface area contributed by atoms with E-state index in [1.807, 2.05) is 29.2 Å². The Balaban J connectivity index is 0.855. The van der Waals surface area contributed by atoms with Gasteiger partial charge in [-0.05, 0) is 66.8 Å². The van der Waals surface area contributed by atoms with Crippen molar-refractivity contribution >= 4 is 46.1 Å². The van der Waals surface area contributed by atoms with Crippen molar-refractivity contribution in [1.29, 1.82) is 0 Å². The van der Waals surface area contributed by atoms with Crippen molar-refractivity contribution in [3.05, 3.63) is 99.2 Å². The number of rotatable bonds is 7. The van der Waals surface area contributed by atoms with Gasteiger partial charge >= 0.3 is 0 Å². The first kappa shape index (κ1) is 37.0. The molecule has 0 aliphatic carbocycles. The van der Waals surface area contributed by atoms with Gasteiger partial charge in [-0.15, -0.1) is 0 Å². The van der Waals surface area contributed by atoms with Gasteiger partial charge in [0.1, 0.15) is 17.7 Å². The Morgan fingerprint density at radius 1 is 0.895 bits per heavy atom. The van der Waals surface area contributed by atoms with Gasteiger partial charge < -0.3 is 14.8 Å². The highest BCUT2D eigenvalue weighted by atomic mass is 19.3. The minimum absolute atomic E-state index is 0.0302. The van der Waals surface area contributed by atoms with Crippen LogP contribution in [0.25, 0.3) is 10.9 Å². The molecule has 16 heteroatoms. The Kier molecular flexibility index (Phi) is 9.15. The van der Waals surface area contributed by atoms with Crippen LogP contribution in [-0.2, 0) is 33.9 Å². The molecule has 0 spiro atoms. The van der Waals surface area contributed by atoms with E-state index in [9.17, 15) is 32.8 Å². The number of halogens is 4. The van der Waals surface area contributed by atoms with Crippen molar-refractivity contribution in [1.82, 2.24) is 29.9 Å². The molecule has 0 saturated carbocycles. The predicted octanol–water partition coefficient (Wildman–Crippen LogP) is 4.11. The lowest BCUT2D eigenvalue weighted by Crippen LogP contribution is -2.54. The highest BCUT2D eigenvalue weighted by molar-refractivity contribution is 6.23. The maximum atomic E-state index is 16.2. The van der Waals surface area contributed by atoms with Gasteiger partial charge in [0.05, 0.1) is 30.3 Å². The number of fused-ring (bicyclic) bond motifs is 5. The lowest BCUT2D eigenvalue weighted by atomic mass is 9.88. The monoisotopic (exact) mass is 785 g/mol. The van der Waals surface area contributed by atoms with Gasteiger partial charge in [0.15, 0.2) is 0 Å². The minimum Gasteiger partial charge on any atom is -0.368 e. The molecule has 5 aliphatic heterocycles. The first-order chi connectivity index (χ1) is 27.4. The van der Waals surface area contributed by atoms with Crippen LogP contribution in [0.4, 0.5) is 23.2 Å². The van der Waals surface area contributed by atoms with Crippen molar-refractivity contribution in [2.75, 3.05) is 44.2 Å². The number of H-pyrrole nitrogens is 1. The van der Waals surface area contributed by atoms with Crippen molar-refractivity contribution < 1.29 is 41.5 Å². The van der Waals surface area contributed by atoms with Crippen LogP contribution < -0.4 is 10.2 Å². The SMILES string of the molecule is C[C@@H]1Cc2c([nH]c3ccccc23)[C@@H](c2c(F)cc(N3CCN(C(=O)CN4Cc5cc6c(cc5C4)C(=O)N(C4CCC(=O)NC4=O)C6=O)CC3)cc2F)N1CC(F)F. The molecule has 296 valence electrons. The summed E-state index contributed by atoms with van der Waals surface area (Å²) in [6, 6.07) is 10.7. The third-order valence-electron chi connectivity index (χ3n) is 12.1. The second kappa shape index (κ2) is 14.1. The van der Waals surface area contributed by atoms with E-state index in [0.717, 1.165) is 32.5 Å². The van der Waals surface area contributed by atoms with Gasteiger partial charge in [0.2, 0.25) is 17.7 Å². The molecule has 3 aromatic carbocycles. The van der Waals surface area contributed by atoms with E-state index >= 15 is 8.78 Å². The van der Waals surface area contributed by atoms with Gasteiger partial charge in [-0.3, -0.25) is 44.0 Å². The van der Waals surface area contributed by atoms with E-state index in [0.29, 0.717) is 57.1 Å². The van der Waals surface area contributed by atoms with Crippen molar-refractivity contribution in [3.8, 4) is 0 Å². The summed E-state index contributed by atoms with van der Waals surface area (Å²) in [4.78, 5) is 75.1. The molecule has 1 aromatic heterocycles. The number of benzene rings is 3. The summed E-state index contributed by atoms with van der Waals surface area (Å²) >= 11 is 0. The lowest BCUT2D eigenvalue weighted by molar-refractivity contribution is -0.136. The van der Waals surface area contributed by atoms with Crippen LogP contribution in [0.1, 0.15) is 74.5 Å². The topological polar surface area (TPSA) is 129 Å². The fraction of sp³-hybridized carbons (Fsp3) is 0.390. The molecule has 5 amide bonds. The highest BCUT2D eigenvalue weighted by Gasteiger charge is 2.46. The van der Waals surface area contributed by atoms with Gasteiger partial charge in [-0.2, -0.15) is 0 Å². The number of para-hydroxylation sites is 1. The first-order valence-electron chi connectivity index (χ1n) is 19.1. The lowest BCUT2D eigenvalue weighted by Gasteiger charge is -2.41. The average Bonchev–Trinajstić information content (AvgIpc) is 3.82.